The van der Waals surface area contributed by atoms with Gasteiger partial charge < -0.3 is 10.6 Å². The number of amides is 1. The lowest BCUT2D eigenvalue weighted by molar-refractivity contribution is 0.0932. The Morgan fingerprint density at radius 2 is 1.74 bits per heavy atom. The fourth-order valence-electron chi connectivity index (χ4n) is 2.62. The minimum absolute atomic E-state index is 0.179. The zero-order valence-corrected chi connectivity index (χ0v) is 13.9. The smallest absolute Gasteiger partial charge is 0.272 e. The first-order chi connectivity index (χ1) is 11.1. The zero-order valence-electron chi connectivity index (χ0n) is 12.4. The Bertz CT molecular complexity index is 679. The van der Waals surface area contributed by atoms with E-state index in [9.17, 15) is 4.79 Å². The normalized spacial score (nSPS) is 14.7. The molecule has 0 atom stereocenters. The van der Waals surface area contributed by atoms with Gasteiger partial charge in [-0.2, -0.15) is 0 Å². The SMILES string of the molecule is O=C(NC1CCCC1)c1ccc(Nc2cc(Cl)cc(Cl)c2)nn1. The summed E-state index contributed by atoms with van der Waals surface area (Å²) in [6.07, 6.45) is 4.41. The van der Waals surface area contributed by atoms with Crippen molar-refractivity contribution in [3.63, 3.8) is 0 Å². The number of nitrogens with one attached hydrogen (secondary N) is 2. The lowest BCUT2D eigenvalue weighted by atomic mass is 10.2. The van der Waals surface area contributed by atoms with Crippen molar-refractivity contribution >= 4 is 40.6 Å². The van der Waals surface area contributed by atoms with Gasteiger partial charge in [-0.3, -0.25) is 4.79 Å². The van der Waals surface area contributed by atoms with Gasteiger partial charge in [-0.25, -0.2) is 0 Å². The molecule has 7 heteroatoms. The Morgan fingerprint density at radius 3 is 2.35 bits per heavy atom. The number of benzene rings is 1. The summed E-state index contributed by atoms with van der Waals surface area (Å²) < 4.78 is 0. The van der Waals surface area contributed by atoms with Crippen LogP contribution in [0.15, 0.2) is 30.3 Å². The highest BCUT2D eigenvalue weighted by Gasteiger charge is 2.18. The van der Waals surface area contributed by atoms with Crippen molar-refractivity contribution in [2.45, 2.75) is 31.7 Å². The van der Waals surface area contributed by atoms with Gasteiger partial charge in [-0.05, 0) is 43.2 Å². The van der Waals surface area contributed by atoms with Crippen LogP contribution in [-0.4, -0.2) is 22.1 Å². The van der Waals surface area contributed by atoms with Crippen LogP contribution in [0.3, 0.4) is 0 Å². The van der Waals surface area contributed by atoms with Gasteiger partial charge in [-0.1, -0.05) is 36.0 Å². The molecular weight excluding hydrogens is 335 g/mol. The van der Waals surface area contributed by atoms with Gasteiger partial charge in [0.2, 0.25) is 0 Å². The van der Waals surface area contributed by atoms with Crippen LogP contribution in [0.5, 0.6) is 0 Å². The van der Waals surface area contributed by atoms with Crippen LogP contribution < -0.4 is 10.6 Å². The molecule has 0 aliphatic heterocycles. The monoisotopic (exact) mass is 350 g/mol. The largest absolute Gasteiger partial charge is 0.348 e. The van der Waals surface area contributed by atoms with E-state index in [-0.39, 0.29) is 11.9 Å². The van der Waals surface area contributed by atoms with Crippen molar-refractivity contribution in [3.8, 4) is 0 Å². The van der Waals surface area contributed by atoms with E-state index in [0.29, 0.717) is 27.2 Å². The number of nitrogens with zero attached hydrogens (tertiary/aromatic N) is 2. The molecule has 0 saturated heterocycles. The van der Waals surface area contributed by atoms with Gasteiger partial charge in [0.15, 0.2) is 11.5 Å². The summed E-state index contributed by atoms with van der Waals surface area (Å²) in [5.41, 5.74) is 1.02. The molecule has 1 heterocycles. The highest BCUT2D eigenvalue weighted by molar-refractivity contribution is 6.35. The van der Waals surface area contributed by atoms with E-state index in [1.807, 2.05) is 0 Å². The molecule has 1 aliphatic rings. The summed E-state index contributed by atoms with van der Waals surface area (Å²) in [6, 6.07) is 8.72. The van der Waals surface area contributed by atoms with Crippen LogP contribution in [0.2, 0.25) is 10.0 Å². The Labute approximate surface area is 144 Å². The Hall–Kier alpha value is -1.85. The number of carbonyl (C=O) groups excluding carboxylic acids is 1. The van der Waals surface area contributed by atoms with E-state index in [0.717, 1.165) is 12.8 Å². The Balaban J connectivity index is 1.65. The Kier molecular flexibility index (Phi) is 4.98. The molecule has 2 aromatic rings. The van der Waals surface area contributed by atoms with E-state index in [1.54, 1.807) is 30.3 Å². The second-order valence-corrected chi connectivity index (χ2v) is 6.41. The van der Waals surface area contributed by atoms with E-state index in [4.69, 9.17) is 23.2 Å². The van der Waals surface area contributed by atoms with Crippen LogP contribution in [0.4, 0.5) is 11.5 Å². The maximum Gasteiger partial charge on any atom is 0.272 e. The van der Waals surface area contributed by atoms with Crippen molar-refractivity contribution in [1.82, 2.24) is 15.5 Å². The van der Waals surface area contributed by atoms with Crippen molar-refractivity contribution in [2.75, 3.05) is 5.32 Å². The molecule has 1 aliphatic carbocycles. The van der Waals surface area contributed by atoms with Crippen LogP contribution in [-0.2, 0) is 0 Å². The van der Waals surface area contributed by atoms with Crippen LogP contribution in [0, 0.1) is 0 Å². The lowest BCUT2D eigenvalue weighted by Gasteiger charge is -2.11. The first-order valence-electron chi connectivity index (χ1n) is 7.48. The molecule has 120 valence electrons. The molecule has 1 aromatic heterocycles. The molecule has 1 aromatic carbocycles. The average Bonchev–Trinajstić information content (AvgIpc) is 3.00. The summed E-state index contributed by atoms with van der Waals surface area (Å²) >= 11 is 11.9. The second-order valence-electron chi connectivity index (χ2n) is 5.54. The number of rotatable bonds is 4. The zero-order chi connectivity index (χ0) is 16.2. The highest BCUT2D eigenvalue weighted by Crippen LogP contribution is 2.24. The molecule has 0 bridgehead atoms. The van der Waals surface area contributed by atoms with Crippen LogP contribution >= 0.6 is 23.2 Å². The quantitative estimate of drug-likeness (QED) is 0.866. The molecule has 3 rings (SSSR count). The third-order valence-electron chi connectivity index (χ3n) is 3.72. The summed E-state index contributed by atoms with van der Waals surface area (Å²) in [4.78, 5) is 12.1. The molecule has 2 N–H and O–H groups in total. The van der Waals surface area contributed by atoms with E-state index in [1.165, 1.54) is 12.8 Å². The van der Waals surface area contributed by atoms with E-state index in [2.05, 4.69) is 20.8 Å². The van der Waals surface area contributed by atoms with Crippen molar-refractivity contribution in [1.29, 1.82) is 0 Å². The minimum atomic E-state index is -0.179. The van der Waals surface area contributed by atoms with Gasteiger partial charge in [0.05, 0.1) is 0 Å². The molecule has 23 heavy (non-hydrogen) atoms. The third kappa shape index (κ3) is 4.33. The molecule has 0 unspecified atom stereocenters. The predicted molar refractivity (Wildman–Crippen MR) is 91.5 cm³/mol. The molecule has 1 fully saturated rings. The molecule has 1 saturated carbocycles. The number of halogens is 2. The highest BCUT2D eigenvalue weighted by atomic mass is 35.5. The number of hydrogen-bond donors (Lipinski definition) is 2. The fraction of sp³-hybridized carbons (Fsp3) is 0.312. The summed E-state index contributed by atoms with van der Waals surface area (Å²) in [7, 11) is 0. The second kappa shape index (κ2) is 7.15. The van der Waals surface area contributed by atoms with E-state index >= 15 is 0 Å². The number of hydrogen-bond acceptors (Lipinski definition) is 4. The van der Waals surface area contributed by atoms with Gasteiger partial charge in [0.25, 0.3) is 5.91 Å². The summed E-state index contributed by atoms with van der Waals surface area (Å²) in [5, 5.41) is 15.1. The Morgan fingerprint density at radius 1 is 1.04 bits per heavy atom. The number of anilines is 2. The molecular formula is C16H16Cl2N4O. The minimum Gasteiger partial charge on any atom is -0.348 e. The first kappa shape index (κ1) is 16.0. The van der Waals surface area contributed by atoms with Crippen molar-refractivity contribution < 1.29 is 4.79 Å². The average molecular weight is 351 g/mol. The van der Waals surface area contributed by atoms with Crippen LogP contribution in [0.25, 0.3) is 0 Å². The first-order valence-corrected chi connectivity index (χ1v) is 8.23. The van der Waals surface area contributed by atoms with Gasteiger partial charge in [0, 0.05) is 21.8 Å². The maximum absolute atomic E-state index is 12.1. The number of carbonyl (C=O) groups is 1. The molecule has 0 spiro atoms. The van der Waals surface area contributed by atoms with Crippen molar-refractivity contribution in [2.24, 2.45) is 0 Å². The van der Waals surface area contributed by atoms with Gasteiger partial charge >= 0.3 is 0 Å². The lowest BCUT2D eigenvalue weighted by Crippen LogP contribution is -2.33. The van der Waals surface area contributed by atoms with Crippen LogP contribution in [0.1, 0.15) is 36.2 Å². The summed E-state index contributed by atoms with van der Waals surface area (Å²) in [5.74, 6) is 0.336. The topological polar surface area (TPSA) is 66.9 Å². The predicted octanol–water partition coefficient (Wildman–Crippen LogP) is 4.20. The molecule has 0 radical (unpaired) electrons. The fourth-order valence-corrected chi connectivity index (χ4v) is 3.15. The maximum atomic E-state index is 12.1. The standard InChI is InChI=1S/C16H16Cl2N4O/c17-10-7-11(18)9-13(8-10)19-15-6-5-14(21-22-15)16(23)20-12-3-1-2-4-12/h5-9,12H,1-4H2,(H,19,22)(H,20,23). The third-order valence-corrected chi connectivity index (χ3v) is 4.16. The molecule has 5 nitrogen and oxygen atoms in total. The van der Waals surface area contributed by atoms with Crippen molar-refractivity contribution in [3.05, 3.63) is 46.1 Å². The number of aromatic nitrogens is 2. The van der Waals surface area contributed by atoms with Gasteiger partial charge in [0.1, 0.15) is 0 Å². The molecule has 1 amide bonds. The van der Waals surface area contributed by atoms with Gasteiger partial charge in [-0.15, -0.1) is 10.2 Å². The van der Waals surface area contributed by atoms with E-state index < -0.39 is 0 Å². The summed E-state index contributed by atoms with van der Waals surface area (Å²) in [6.45, 7) is 0.